The van der Waals surface area contributed by atoms with E-state index in [0.29, 0.717) is 9.86 Å². The average molecular weight is 510 g/mol. The van der Waals surface area contributed by atoms with Gasteiger partial charge < -0.3 is 9.47 Å². The SMILES string of the molecule is CC(C)(C)OC(=O)n1c2c(c3ccccc31)C(=O)O[C@](c1ccc(Br)cc1)(C(F)(F)F)C2. The summed E-state index contributed by atoms with van der Waals surface area (Å²) in [4.78, 5) is 26.1. The van der Waals surface area contributed by atoms with Crippen molar-refractivity contribution in [3.8, 4) is 0 Å². The third-order valence-electron chi connectivity index (χ3n) is 5.20. The Morgan fingerprint density at radius 1 is 1.09 bits per heavy atom. The monoisotopic (exact) mass is 509 g/mol. The number of rotatable bonds is 1. The quantitative estimate of drug-likeness (QED) is 0.358. The summed E-state index contributed by atoms with van der Waals surface area (Å²) in [6.45, 7) is 4.96. The lowest BCUT2D eigenvalue weighted by Crippen LogP contribution is -2.51. The van der Waals surface area contributed by atoms with Gasteiger partial charge in [0.05, 0.1) is 11.1 Å². The Labute approximate surface area is 190 Å². The average Bonchev–Trinajstić information content (AvgIpc) is 3.00. The van der Waals surface area contributed by atoms with Gasteiger partial charge in [0.15, 0.2) is 0 Å². The van der Waals surface area contributed by atoms with Gasteiger partial charge in [0.1, 0.15) is 5.60 Å². The maximum atomic E-state index is 14.5. The highest BCUT2D eigenvalue weighted by Crippen LogP contribution is 2.49. The minimum absolute atomic E-state index is 0.0663. The van der Waals surface area contributed by atoms with Crippen molar-refractivity contribution in [3.05, 3.63) is 69.8 Å². The number of cyclic esters (lactones) is 1. The molecule has 3 aromatic rings. The lowest BCUT2D eigenvalue weighted by Gasteiger charge is -2.38. The Kier molecular flexibility index (Phi) is 5.15. The Morgan fingerprint density at radius 2 is 1.72 bits per heavy atom. The first kappa shape index (κ1) is 22.4. The summed E-state index contributed by atoms with van der Waals surface area (Å²) >= 11 is 3.20. The van der Waals surface area contributed by atoms with Gasteiger partial charge in [0.25, 0.3) is 0 Å². The van der Waals surface area contributed by atoms with Crippen LogP contribution < -0.4 is 0 Å². The zero-order valence-electron chi connectivity index (χ0n) is 17.4. The first-order valence-electron chi connectivity index (χ1n) is 9.76. The molecule has 4 rings (SSSR count). The molecule has 0 saturated carbocycles. The van der Waals surface area contributed by atoms with Crippen LogP contribution in [-0.4, -0.2) is 28.4 Å². The molecule has 1 atom stereocenters. The van der Waals surface area contributed by atoms with E-state index in [0.717, 1.165) is 4.57 Å². The summed E-state index contributed by atoms with van der Waals surface area (Å²) < 4.78 is 55.7. The molecule has 1 aliphatic heterocycles. The summed E-state index contributed by atoms with van der Waals surface area (Å²) in [5.74, 6) is -1.15. The van der Waals surface area contributed by atoms with Crippen LogP contribution in [0, 0.1) is 0 Å². The molecule has 0 spiro atoms. The number of para-hydroxylation sites is 1. The first-order valence-corrected chi connectivity index (χ1v) is 10.6. The van der Waals surface area contributed by atoms with Crippen LogP contribution >= 0.6 is 15.9 Å². The third-order valence-corrected chi connectivity index (χ3v) is 5.73. The number of benzene rings is 2. The molecule has 0 amide bonds. The normalized spacial score (nSPS) is 18.9. The van der Waals surface area contributed by atoms with Crippen molar-refractivity contribution in [2.45, 2.75) is 44.6 Å². The molecular formula is C23H19BrF3NO4. The molecule has 5 nitrogen and oxygen atoms in total. The number of alkyl halides is 3. The smallest absolute Gasteiger partial charge is 0.433 e. The highest BCUT2D eigenvalue weighted by Gasteiger charge is 2.62. The number of hydrogen-bond donors (Lipinski definition) is 0. The number of nitrogens with zero attached hydrogens (tertiary/aromatic N) is 1. The van der Waals surface area contributed by atoms with E-state index in [1.165, 1.54) is 24.3 Å². The van der Waals surface area contributed by atoms with Gasteiger partial charge in [-0.15, -0.1) is 0 Å². The molecule has 0 N–H and O–H groups in total. The fourth-order valence-electron chi connectivity index (χ4n) is 3.89. The predicted molar refractivity (Wildman–Crippen MR) is 115 cm³/mol. The van der Waals surface area contributed by atoms with Crippen molar-refractivity contribution >= 4 is 38.9 Å². The molecule has 0 bridgehead atoms. The highest BCUT2D eigenvalue weighted by molar-refractivity contribution is 9.10. The van der Waals surface area contributed by atoms with Crippen LogP contribution in [0.1, 0.15) is 42.4 Å². The van der Waals surface area contributed by atoms with Crippen molar-refractivity contribution < 1.29 is 32.2 Å². The maximum Gasteiger partial charge on any atom is 0.433 e. The molecule has 1 aromatic heterocycles. The Bertz CT molecular complexity index is 1220. The number of aromatic nitrogens is 1. The van der Waals surface area contributed by atoms with Gasteiger partial charge >= 0.3 is 18.2 Å². The number of esters is 1. The topological polar surface area (TPSA) is 57.5 Å². The second kappa shape index (κ2) is 7.37. The van der Waals surface area contributed by atoms with E-state index in [1.54, 1.807) is 45.0 Å². The molecule has 2 heterocycles. The van der Waals surface area contributed by atoms with Gasteiger partial charge in [0, 0.05) is 27.5 Å². The maximum absolute atomic E-state index is 14.5. The fraction of sp³-hybridized carbons (Fsp3) is 0.304. The van der Waals surface area contributed by atoms with Crippen LogP contribution in [0.4, 0.5) is 18.0 Å². The minimum Gasteiger partial charge on any atom is -0.443 e. The molecule has 2 aromatic carbocycles. The molecule has 9 heteroatoms. The van der Waals surface area contributed by atoms with E-state index in [4.69, 9.17) is 9.47 Å². The molecule has 1 aliphatic rings. The van der Waals surface area contributed by atoms with Gasteiger partial charge in [-0.25, -0.2) is 14.2 Å². The van der Waals surface area contributed by atoms with E-state index in [1.807, 2.05) is 0 Å². The van der Waals surface area contributed by atoms with Crippen LogP contribution in [0.3, 0.4) is 0 Å². The van der Waals surface area contributed by atoms with Crippen LogP contribution in [0.2, 0.25) is 0 Å². The van der Waals surface area contributed by atoms with Gasteiger partial charge in [-0.2, -0.15) is 13.2 Å². The number of hydrogen-bond acceptors (Lipinski definition) is 4. The van der Waals surface area contributed by atoms with Gasteiger partial charge in [-0.1, -0.05) is 46.3 Å². The van der Waals surface area contributed by atoms with Gasteiger partial charge in [0.2, 0.25) is 5.60 Å². The van der Waals surface area contributed by atoms with Gasteiger partial charge in [-0.3, -0.25) is 0 Å². The lowest BCUT2D eigenvalue weighted by molar-refractivity contribution is -0.267. The number of fused-ring (bicyclic) bond motifs is 3. The van der Waals surface area contributed by atoms with Crippen LogP contribution in [0.25, 0.3) is 10.9 Å². The summed E-state index contributed by atoms with van der Waals surface area (Å²) in [6, 6.07) is 11.8. The fourth-order valence-corrected chi connectivity index (χ4v) is 4.15. The number of halogens is 4. The molecule has 0 saturated heterocycles. The molecular weight excluding hydrogens is 491 g/mol. The van der Waals surface area contributed by atoms with Crippen molar-refractivity contribution in [1.82, 2.24) is 4.57 Å². The summed E-state index contributed by atoms with van der Waals surface area (Å²) in [5.41, 5.74) is -3.98. The van der Waals surface area contributed by atoms with Crippen molar-refractivity contribution in [2.75, 3.05) is 0 Å². The minimum atomic E-state index is -4.94. The lowest BCUT2D eigenvalue weighted by atomic mass is 9.84. The number of ether oxygens (including phenoxy) is 2. The molecule has 0 unspecified atom stereocenters. The summed E-state index contributed by atoms with van der Waals surface area (Å²) in [7, 11) is 0. The second-order valence-electron chi connectivity index (χ2n) is 8.55. The summed E-state index contributed by atoms with van der Waals surface area (Å²) in [5, 5.41) is 0.324. The Morgan fingerprint density at radius 3 is 2.31 bits per heavy atom. The van der Waals surface area contributed by atoms with Crippen molar-refractivity contribution in [3.63, 3.8) is 0 Å². The van der Waals surface area contributed by atoms with E-state index < -0.39 is 35.9 Å². The zero-order chi connectivity index (χ0) is 23.5. The molecule has 0 aliphatic carbocycles. The Hall–Kier alpha value is -2.81. The van der Waals surface area contributed by atoms with Crippen LogP contribution in [-0.2, 0) is 21.5 Å². The largest absolute Gasteiger partial charge is 0.443 e. The first-order chi connectivity index (χ1) is 14.8. The molecule has 0 radical (unpaired) electrons. The molecule has 168 valence electrons. The van der Waals surface area contributed by atoms with Crippen molar-refractivity contribution in [1.29, 1.82) is 0 Å². The third kappa shape index (κ3) is 3.58. The van der Waals surface area contributed by atoms with E-state index in [2.05, 4.69) is 15.9 Å². The molecule has 0 fully saturated rings. The number of carbonyl (C=O) groups excluding carboxylic acids is 2. The van der Waals surface area contributed by atoms with E-state index in [-0.39, 0.29) is 22.3 Å². The standard InChI is InChI=1S/C23H19BrF3NO4/c1-21(2,3)32-20(30)28-16-7-5-4-6-15(16)18-17(28)12-22(23(25,26)27,31-19(18)29)13-8-10-14(24)11-9-13/h4-11H,12H2,1-3H3/t22-/m1/s1. The second-order valence-corrected chi connectivity index (χ2v) is 9.47. The predicted octanol–water partition coefficient (Wildman–Crippen LogP) is 6.36. The summed E-state index contributed by atoms with van der Waals surface area (Å²) in [6.07, 6.45) is -6.58. The number of carbonyl (C=O) groups is 2. The highest BCUT2D eigenvalue weighted by atomic mass is 79.9. The zero-order valence-corrected chi connectivity index (χ0v) is 19.0. The van der Waals surface area contributed by atoms with Gasteiger partial charge in [-0.05, 0) is 39.0 Å². The molecule has 32 heavy (non-hydrogen) atoms. The van der Waals surface area contributed by atoms with Crippen LogP contribution in [0.15, 0.2) is 53.0 Å². The Balaban J connectivity index is 1.99. The van der Waals surface area contributed by atoms with E-state index in [9.17, 15) is 22.8 Å². The van der Waals surface area contributed by atoms with Crippen molar-refractivity contribution in [2.24, 2.45) is 0 Å². The van der Waals surface area contributed by atoms with Crippen LogP contribution in [0.5, 0.6) is 0 Å². The van der Waals surface area contributed by atoms with E-state index >= 15 is 0 Å².